The number of hydrogen-bond donors (Lipinski definition) is 2. The van der Waals surface area contributed by atoms with Crippen molar-refractivity contribution in [3.8, 4) is 0 Å². The lowest BCUT2D eigenvalue weighted by Crippen LogP contribution is -2.33. The van der Waals surface area contributed by atoms with Crippen LogP contribution in [0.5, 0.6) is 0 Å². The van der Waals surface area contributed by atoms with Crippen molar-refractivity contribution in [2.24, 2.45) is 24.7 Å². The van der Waals surface area contributed by atoms with Crippen molar-refractivity contribution in [1.29, 1.82) is 0 Å². The Bertz CT molecular complexity index is 763. The summed E-state index contributed by atoms with van der Waals surface area (Å²) in [5.41, 5.74) is 3.09. The third-order valence-electron chi connectivity index (χ3n) is 4.03. The fourth-order valence-electron chi connectivity index (χ4n) is 2.80. The summed E-state index contributed by atoms with van der Waals surface area (Å²) in [4.78, 5) is 33.8. The number of nitrogens with zero attached hydrogens (tertiary/aromatic N) is 5. The molecule has 2 aromatic heterocycles. The molecule has 9 heteroatoms. The van der Waals surface area contributed by atoms with Gasteiger partial charge in [-0.15, -0.1) is 0 Å². The number of hydrogen-bond acceptors (Lipinski definition) is 7. The van der Waals surface area contributed by atoms with Crippen LogP contribution in [0.3, 0.4) is 0 Å². The Morgan fingerprint density at radius 2 is 2.05 bits per heavy atom. The van der Waals surface area contributed by atoms with Gasteiger partial charge in [-0.2, -0.15) is 5.10 Å². The van der Waals surface area contributed by atoms with Gasteiger partial charge in [0.25, 0.3) is 0 Å². The first-order chi connectivity index (χ1) is 10.1. The van der Waals surface area contributed by atoms with Crippen molar-refractivity contribution in [3.63, 3.8) is 0 Å². The second-order valence-electron chi connectivity index (χ2n) is 5.35. The minimum Gasteiger partial charge on any atom is -0.308 e. The normalized spacial score (nSPS) is 23.8. The van der Waals surface area contributed by atoms with Crippen LogP contribution in [-0.4, -0.2) is 36.5 Å². The maximum Gasteiger partial charge on any atom is 0.233 e. The molecular formula is C12H13N7O2. The number of carbonyl (C=O) groups is 2. The van der Waals surface area contributed by atoms with Crippen LogP contribution >= 0.6 is 0 Å². The van der Waals surface area contributed by atoms with E-state index in [9.17, 15) is 9.59 Å². The van der Waals surface area contributed by atoms with E-state index in [4.69, 9.17) is 5.84 Å². The zero-order chi connectivity index (χ0) is 14.7. The summed E-state index contributed by atoms with van der Waals surface area (Å²) in [7, 11) is 1.75. The molecule has 1 aliphatic carbocycles. The van der Waals surface area contributed by atoms with Gasteiger partial charge < -0.3 is 5.43 Å². The van der Waals surface area contributed by atoms with Gasteiger partial charge in [0.2, 0.25) is 11.8 Å². The molecule has 1 saturated heterocycles. The molecule has 1 saturated carbocycles. The molecule has 3 N–H and O–H groups in total. The highest BCUT2D eigenvalue weighted by Crippen LogP contribution is 2.47. The van der Waals surface area contributed by atoms with E-state index in [0.717, 1.165) is 0 Å². The van der Waals surface area contributed by atoms with Gasteiger partial charge in [-0.1, -0.05) is 0 Å². The van der Waals surface area contributed by atoms with Crippen LogP contribution < -0.4 is 11.3 Å². The second-order valence-corrected chi connectivity index (χ2v) is 5.35. The van der Waals surface area contributed by atoms with Gasteiger partial charge >= 0.3 is 0 Å². The SMILES string of the molecule is Cn1ncc2c(NN)nc(CN3C(=O)C4CC4C3=O)nc21. The highest BCUT2D eigenvalue weighted by atomic mass is 16.2. The van der Waals surface area contributed by atoms with Gasteiger partial charge in [0, 0.05) is 7.05 Å². The number of hydrazine groups is 1. The first kappa shape index (κ1) is 12.2. The first-order valence-corrected chi connectivity index (χ1v) is 6.60. The number of nitrogens with two attached hydrogens (primary N) is 1. The van der Waals surface area contributed by atoms with Crippen LogP contribution in [0.15, 0.2) is 6.20 Å². The molecule has 2 fully saturated rings. The summed E-state index contributed by atoms with van der Waals surface area (Å²) in [6.07, 6.45) is 2.29. The van der Waals surface area contributed by atoms with Crippen LogP contribution in [0.25, 0.3) is 11.0 Å². The molecule has 2 aliphatic rings. The molecule has 4 rings (SSSR count). The monoisotopic (exact) mass is 287 g/mol. The van der Waals surface area contributed by atoms with Crippen molar-refractivity contribution in [1.82, 2.24) is 24.6 Å². The summed E-state index contributed by atoms with van der Waals surface area (Å²) in [6, 6.07) is 0. The Hall–Kier alpha value is -2.55. The molecule has 0 spiro atoms. The van der Waals surface area contributed by atoms with Gasteiger partial charge in [-0.25, -0.2) is 15.8 Å². The Balaban J connectivity index is 1.72. The van der Waals surface area contributed by atoms with Crippen LogP contribution in [0.1, 0.15) is 12.2 Å². The summed E-state index contributed by atoms with van der Waals surface area (Å²) in [5, 5.41) is 4.78. The number of aryl methyl sites for hydroxylation is 1. The van der Waals surface area contributed by atoms with Gasteiger partial charge in [0.15, 0.2) is 17.3 Å². The average molecular weight is 287 g/mol. The molecule has 0 radical (unpaired) electrons. The molecule has 9 nitrogen and oxygen atoms in total. The molecule has 0 bridgehead atoms. The van der Waals surface area contributed by atoms with E-state index in [1.807, 2.05) is 0 Å². The highest BCUT2D eigenvalue weighted by molar-refractivity contribution is 6.08. The van der Waals surface area contributed by atoms with Gasteiger partial charge in [0.05, 0.1) is 30.0 Å². The Kier molecular flexibility index (Phi) is 2.31. The van der Waals surface area contributed by atoms with Crippen molar-refractivity contribution >= 4 is 28.7 Å². The summed E-state index contributed by atoms with van der Waals surface area (Å²) < 4.78 is 1.59. The molecular weight excluding hydrogens is 274 g/mol. The van der Waals surface area contributed by atoms with Crippen LogP contribution in [0.4, 0.5) is 5.82 Å². The van der Waals surface area contributed by atoms with Crippen molar-refractivity contribution < 1.29 is 9.59 Å². The predicted molar refractivity (Wildman–Crippen MR) is 71.3 cm³/mol. The number of nitrogens with one attached hydrogen (secondary N) is 1. The predicted octanol–water partition coefficient (Wildman–Crippen LogP) is -0.846. The quantitative estimate of drug-likeness (QED) is 0.429. The standard InChI is InChI=1S/C12H13N7O2/c1-18-10-7(3-14-18)9(17-13)15-8(16-10)4-19-11(20)5-2-6(5)12(19)21/h3,5-6H,2,4,13H2,1H3,(H,15,16,17). The third kappa shape index (κ3) is 1.64. The molecule has 2 unspecified atom stereocenters. The number of rotatable bonds is 3. The van der Waals surface area contributed by atoms with E-state index in [2.05, 4.69) is 20.5 Å². The Morgan fingerprint density at radius 1 is 1.33 bits per heavy atom. The molecule has 3 heterocycles. The number of likely N-dealkylation sites (tertiary alicyclic amines) is 1. The lowest BCUT2D eigenvalue weighted by Gasteiger charge is -2.15. The molecule has 2 atom stereocenters. The van der Waals surface area contributed by atoms with Crippen molar-refractivity contribution in [2.75, 3.05) is 5.43 Å². The van der Waals surface area contributed by atoms with Gasteiger partial charge in [0.1, 0.15) is 0 Å². The largest absolute Gasteiger partial charge is 0.308 e. The number of carbonyl (C=O) groups excluding carboxylic acids is 2. The summed E-state index contributed by atoms with van der Waals surface area (Å²) in [5.74, 6) is 5.76. The minimum absolute atomic E-state index is 0.0699. The van der Waals surface area contributed by atoms with E-state index < -0.39 is 0 Å². The van der Waals surface area contributed by atoms with Crippen LogP contribution in [-0.2, 0) is 23.2 Å². The third-order valence-corrected chi connectivity index (χ3v) is 4.03. The number of aromatic nitrogens is 4. The fraction of sp³-hybridized carbons (Fsp3) is 0.417. The maximum atomic E-state index is 12.0. The van der Waals surface area contributed by atoms with E-state index in [-0.39, 0.29) is 30.2 Å². The number of fused-ring (bicyclic) bond motifs is 2. The van der Waals surface area contributed by atoms with Crippen LogP contribution in [0.2, 0.25) is 0 Å². The zero-order valence-electron chi connectivity index (χ0n) is 11.3. The average Bonchev–Trinajstić information content (AvgIpc) is 3.15. The van der Waals surface area contributed by atoms with Crippen molar-refractivity contribution in [2.45, 2.75) is 13.0 Å². The number of amides is 2. The minimum atomic E-state index is -0.124. The summed E-state index contributed by atoms with van der Waals surface area (Å²) in [6.45, 7) is 0.0699. The zero-order valence-corrected chi connectivity index (χ0v) is 11.3. The lowest BCUT2D eigenvalue weighted by molar-refractivity contribution is -0.142. The number of imide groups is 1. The number of anilines is 1. The van der Waals surface area contributed by atoms with E-state index >= 15 is 0 Å². The highest BCUT2D eigenvalue weighted by Gasteiger charge is 2.58. The lowest BCUT2D eigenvalue weighted by atomic mass is 10.3. The van der Waals surface area contributed by atoms with Crippen molar-refractivity contribution in [3.05, 3.63) is 12.0 Å². The Labute approximate surface area is 119 Å². The van der Waals surface area contributed by atoms with Gasteiger partial charge in [-0.3, -0.25) is 19.2 Å². The molecule has 0 aromatic carbocycles. The number of nitrogen functional groups attached to an aromatic ring is 1. The molecule has 2 amide bonds. The molecule has 21 heavy (non-hydrogen) atoms. The van der Waals surface area contributed by atoms with E-state index in [0.29, 0.717) is 29.1 Å². The number of piperidine rings is 1. The topological polar surface area (TPSA) is 119 Å². The van der Waals surface area contributed by atoms with E-state index in [1.165, 1.54) is 4.90 Å². The Morgan fingerprint density at radius 3 is 2.71 bits per heavy atom. The fourth-order valence-corrected chi connectivity index (χ4v) is 2.80. The summed E-state index contributed by atoms with van der Waals surface area (Å²) >= 11 is 0. The van der Waals surface area contributed by atoms with Gasteiger partial charge in [-0.05, 0) is 6.42 Å². The first-order valence-electron chi connectivity index (χ1n) is 6.60. The molecule has 2 aromatic rings. The van der Waals surface area contributed by atoms with E-state index in [1.54, 1.807) is 17.9 Å². The maximum absolute atomic E-state index is 12.0. The molecule has 1 aliphatic heterocycles. The smallest absolute Gasteiger partial charge is 0.233 e. The second kappa shape index (κ2) is 3.98. The van der Waals surface area contributed by atoms with Crippen LogP contribution in [0, 0.1) is 11.8 Å². The molecule has 108 valence electrons.